The second-order valence-corrected chi connectivity index (χ2v) is 5.79. The first kappa shape index (κ1) is 11.1. The van der Waals surface area contributed by atoms with Crippen molar-refractivity contribution in [3.63, 3.8) is 0 Å². The van der Waals surface area contributed by atoms with E-state index in [1.807, 2.05) is 0 Å². The minimum Gasteiger partial charge on any atom is -0.384 e. The molecular weight excluding hydrogens is 208 g/mol. The molecule has 0 aromatic heterocycles. The molecule has 92 valence electrons. The Morgan fingerprint density at radius 1 is 1.29 bits per heavy atom. The SMILES string of the molecule is CN(C)CCC1CNc2ccc(C3CC3)cc21. The van der Waals surface area contributed by atoms with Gasteiger partial charge >= 0.3 is 0 Å². The molecule has 0 spiro atoms. The van der Waals surface area contributed by atoms with Crippen molar-refractivity contribution in [2.45, 2.75) is 31.1 Å². The van der Waals surface area contributed by atoms with Crippen molar-refractivity contribution in [2.24, 2.45) is 0 Å². The third-order valence-corrected chi connectivity index (χ3v) is 4.03. The van der Waals surface area contributed by atoms with Crippen LogP contribution in [0.1, 0.15) is 42.2 Å². The predicted octanol–water partition coefficient (Wildman–Crippen LogP) is 3.02. The van der Waals surface area contributed by atoms with E-state index in [-0.39, 0.29) is 0 Å². The van der Waals surface area contributed by atoms with Crippen LogP contribution in [-0.4, -0.2) is 32.1 Å². The highest BCUT2D eigenvalue weighted by Gasteiger charge is 2.27. The molecule has 1 fully saturated rings. The molecule has 1 aromatic carbocycles. The van der Waals surface area contributed by atoms with Crippen molar-refractivity contribution in [3.05, 3.63) is 29.3 Å². The maximum absolute atomic E-state index is 3.54. The summed E-state index contributed by atoms with van der Waals surface area (Å²) in [6.07, 6.45) is 4.06. The molecule has 1 unspecified atom stereocenters. The van der Waals surface area contributed by atoms with Gasteiger partial charge in [-0.15, -0.1) is 0 Å². The third-order valence-electron chi connectivity index (χ3n) is 4.03. The molecule has 1 saturated carbocycles. The molecule has 17 heavy (non-hydrogen) atoms. The largest absolute Gasteiger partial charge is 0.384 e. The standard InChI is InChI=1S/C15H22N2/c1-17(2)8-7-13-10-16-15-6-5-12(9-14(13)15)11-3-4-11/h5-6,9,11,13,16H,3-4,7-8,10H2,1-2H3. The molecule has 0 saturated heterocycles. The van der Waals surface area contributed by atoms with Crippen molar-refractivity contribution in [1.29, 1.82) is 0 Å². The molecule has 2 heteroatoms. The summed E-state index contributed by atoms with van der Waals surface area (Å²) in [6.45, 7) is 2.30. The number of rotatable bonds is 4. The lowest BCUT2D eigenvalue weighted by Gasteiger charge is -2.15. The zero-order valence-corrected chi connectivity index (χ0v) is 10.9. The van der Waals surface area contributed by atoms with Gasteiger partial charge in [0.2, 0.25) is 0 Å². The number of hydrogen-bond acceptors (Lipinski definition) is 2. The van der Waals surface area contributed by atoms with Crippen LogP contribution in [0, 0.1) is 0 Å². The molecule has 1 atom stereocenters. The van der Waals surface area contributed by atoms with Crippen LogP contribution >= 0.6 is 0 Å². The molecule has 0 radical (unpaired) electrons. The van der Waals surface area contributed by atoms with Crippen molar-refractivity contribution in [1.82, 2.24) is 4.90 Å². The Balaban J connectivity index is 1.77. The Hall–Kier alpha value is -1.02. The molecule has 0 bridgehead atoms. The Bertz CT molecular complexity index is 407. The van der Waals surface area contributed by atoms with Crippen LogP contribution in [0.2, 0.25) is 0 Å². The summed E-state index contributed by atoms with van der Waals surface area (Å²) in [4.78, 5) is 2.28. The first-order chi connectivity index (χ1) is 8.24. The summed E-state index contributed by atoms with van der Waals surface area (Å²) >= 11 is 0. The van der Waals surface area contributed by atoms with E-state index in [4.69, 9.17) is 0 Å². The van der Waals surface area contributed by atoms with Gasteiger partial charge in [-0.1, -0.05) is 12.1 Å². The van der Waals surface area contributed by atoms with Crippen LogP contribution in [0.3, 0.4) is 0 Å². The van der Waals surface area contributed by atoms with Crippen molar-refractivity contribution >= 4 is 5.69 Å². The molecule has 2 aliphatic rings. The zero-order valence-electron chi connectivity index (χ0n) is 10.9. The quantitative estimate of drug-likeness (QED) is 0.855. The molecule has 1 aromatic rings. The van der Waals surface area contributed by atoms with Gasteiger partial charge in [0.05, 0.1) is 0 Å². The Morgan fingerprint density at radius 2 is 2.12 bits per heavy atom. The van der Waals surface area contributed by atoms with E-state index < -0.39 is 0 Å². The molecule has 3 rings (SSSR count). The van der Waals surface area contributed by atoms with Gasteiger partial charge in [-0.05, 0) is 63.0 Å². The van der Waals surface area contributed by atoms with E-state index in [1.54, 1.807) is 11.1 Å². The molecule has 0 amide bonds. The summed E-state index contributed by atoms with van der Waals surface area (Å²) in [6, 6.07) is 7.07. The fraction of sp³-hybridized carbons (Fsp3) is 0.600. The second kappa shape index (κ2) is 4.34. The van der Waals surface area contributed by atoms with Crippen LogP contribution in [0.4, 0.5) is 5.69 Å². The van der Waals surface area contributed by atoms with Gasteiger partial charge in [0, 0.05) is 18.2 Å². The first-order valence-electron chi connectivity index (χ1n) is 6.76. The van der Waals surface area contributed by atoms with Crippen LogP contribution in [0.25, 0.3) is 0 Å². The minimum absolute atomic E-state index is 0.714. The van der Waals surface area contributed by atoms with Crippen molar-refractivity contribution < 1.29 is 0 Å². The molecule has 1 heterocycles. The average molecular weight is 230 g/mol. The lowest BCUT2D eigenvalue weighted by molar-refractivity contribution is 0.386. The van der Waals surface area contributed by atoms with Crippen molar-refractivity contribution in [3.8, 4) is 0 Å². The normalized spacial score (nSPS) is 22.6. The summed E-state index contributed by atoms with van der Waals surface area (Å²) < 4.78 is 0. The number of benzene rings is 1. The topological polar surface area (TPSA) is 15.3 Å². The smallest absolute Gasteiger partial charge is 0.0376 e. The van der Waals surface area contributed by atoms with Gasteiger partial charge in [-0.3, -0.25) is 0 Å². The van der Waals surface area contributed by atoms with E-state index >= 15 is 0 Å². The van der Waals surface area contributed by atoms with Crippen molar-refractivity contribution in [2.75, 3.05) is 32.5 Å². The maximum atomic E-state index is 3.54. The van der Waals surface area contributed by atoms with Gasteiger partial charge in [0.1, 0.15) is 0 Å². The predicted molar refractivity (Wildman–Crippen MR) is 72.8 cm³/mol. The van der Waals surface area contributed by atoms with E-state index in [1.165, 1.54) is 31.5 Å². The third kappa shape index (κ3) is 2.32. The molecule has 1 aliphatic carbocycles. The number of fused-ring (bicyclic) bond motifs is 1. The molecular formula is C15H22N2. The van der Waals surface area contributed by atoms with E-state index in [0.717, 1.165) is 12.5 Å². The Labute approximate surface area is 104 Å². The molecule has 1 N–H and O–H groups in total. The highest BCUT2D eigenvalue weighted by molar-refractivity contribution is 5.59. The van der Waals surface area contributed by atoms with E-state index in [9.17, 15) is 0 Å². The van der Waals surface area contributed by atoms with Gasteiger partial charge in [-0.25, -0.2) is 0 Å². The highest BCUT2D eigenvalue weighted by atomic mass is 15.0. The summed E-state index contributed by atoms with van der Waals surface area (Å²) in [7, 11) is 4.31. The number of anilines is 1. The zero-order chi connectivity index (χ0) is 11.8. The van der Waals surface area contributed by atoms with E-state index in [0.29, 0.717) is 5.92 Å². The first-order valence-corrected chi connectivity index (χ1v) is 6.76. The van der Waals surface area contributed by atoms with Gasteiger partial charge in [0.15, 0.2) is 0 Å². The number of nitrogens with zero attached hydrogens (tertiary/aromatic N) is 1. The van der Waals surface area contributed by atoms with E-state index in [2.05, 4.69) is 42.5 Å². The molecule has 1 aliphatic heterocycles. The van der Waals surface area contributed by atoms with Gasteiger partial charge in [-0.2, -0.15) is 0 Å². The maximum Gasteiger partial charge on any atom is 0.0376 e. The Kier molecular flexibility index (Phi) is 2.83. The van der Waals surface area contributed by atoms with Crippen LogP contribution in [-0.2, 0) is 0 Å². The van der Waals surface area contributed by atoms with Crippen LogP contribution < -0.4 is 5.32 Å². The summed E-state index contributed by atoms with van der Waals surface area (Å²) in [5.41, 5.74) is 4.51. The second-order valence-electron chi connectivity index (χ2n) is 5.79. The lowest BCUT2D eigenvalue weighted by Crippen LogP contribution is -2.16. The van der Waals surface area contributed by atoms with Gasteiger partial charge in [0.25, 0.3) is 0 Å². The number of nitrogens with one attached hydrogen (secondary N) is 1. The fourth-order valence-electron chi connectivity index (χ4n) is 2.77. The van der Waals surface area contributed by atoms with Crippen LogP contribution in [0.15, 0.2) is 18.2 Å². The number of hydrogen-bond donors (Lipinski definition) is 1. The van der Waals surface area contributed by atoms with Gasteiger partial charge < -0.3 is 10.2 Å². The minimum atomic E-state index is 0.714. The monoisotopic (exact) mass is 230 g/mol. The molecule has 2 nitrogen and oxygen atoms in total. The average Bonchev–Trinajstić information content (AvgIpc) is 3.08. The lowest BCUT2D eigenvalue weighted by atomic mass is 9.95. The highest BCUT2D eigenvalue weighted by Crippen LogP contribution is 2.43. The fourth-order valence-corrected chi connectivity index (χ4v) is 2.77. The van der Waals surface area contributed by atoms with Crippen LogP contribution in [0.5, 0.6) is 0 Å². The summed E-state index contributed by atoms with van der Waals surface area (Å²) in [5.74, 6) is 1.58. The Morgan fingerprint density at radius 3 is 2.82 bits per heavy atom. The summed E-state index contributed by atoms with van der Waals surface area (Å²) in [5, 5.41) is 3.54.